The Labute approximate surface area is 209 Å². The Morgan fingerprint density at radius 1 is 0.744 bits per heavy atom. The number of carbonyl (C=O) groups is 1. The molecule has 1 N–H and O–H groups in total. The van der Waals surface area contributed by atoms with E-state index in [1.165, 1.54) is 0 Å². The van der Waals surface area contributed by atoms with E-state index in [4.69, 9.17) is 5.26 Å². The zero-order valence-corrected chi connectivity index (χ0v) is 19.3. The molecule has 39 heavy (non-hydrogen) atoms. The van der Waals surface area contributed by atoms with Crippen LogP contribution in [-0.4, -0.2) is 53.2 Å². The van der Waals surface area contributed by atoms with Gasteiger partial charge in [0.2, 0.25) is 0 Å². The number of alkyl halides is 15. The van der Waals surface area contributed by atoms with E-state index in [9.17, 15) is 75.8 Å². The van der Waals surface area contributed by atoms with Gasteiger partial charge in [0.05, 0.1) is 6.07 Å². The van der Waals surface area contributed by atoms with Gasteiger partial charge in [-0.05, 0) is 32.6 Å². The zero-order valence-electron chi connectivity index (χ0n) is 19.3. The monoisotopic (exact) mass is 605 g/mol. The lowest BCUT2D eigenvalue weighted by molar-refractivity contribution is -0.399. The highest BCUT2D eigenvalue weighted by molar-refractivity contribution is 5.89. The molecular weight excluding hydrogens is 587 g/mol. The van der Waals surface area contributed by atoms with Gasteiger partial charge in [0.1, 0.15) is 5.57 Å². The van der Waals surface area contributed by atoms with Crippen LogP contribution in [0.1, 0.15) is 32.6 Å². The van der Waals surface area contributed by atoms with E-state index in [-0.39, 0.29) is 0 Å². The number of esters is 1. The lowest BCUT2D eigenvalue weighted by Gasteiger charge is -2.47. The molecule has 1 saturated carbocycles. The van der Waals surface area contributed by atoms with Gasteiger partial charge >= 0.3 is 42.5 Å². The topological polar surface area (TPSA) is 70.3 Å². The van der Waals surface area contributed by atoms with Crippen LogP contribution in [0.25, 0.3) is 0 Å². The minimum Gasteiger partial charge on any atom is -0.436 e. The second-order valence-corrected chi connectivity index (χ2v) is 8.30. The van der Waals surface area contributed by atoms with Crippen LogP contribution < -0.4 is 0 Å². The fraction of sp³-hybridized carbons (Fsp3) is 0.700. The van der Waals surface area contributed by atoms with Crippen LogP contribution in [0.4, 0.5) is 65.9 Å². The average molecular weight is 605 g/mol. The van der Waals surface area contributed by atoms with Gasteiger partial charge in [-0.25, -0.2) is 4.79 Å². The Bertz CT molecular complexity index is 912. The van der Waals surface area contributed by atoms with Crippen molar-refractivity contribution in [3.8, 4) is 6.07 Å². The van der Waals surface area contributed by atoms with E-state index >= 15 is 0 Å². The molecule has 19 heteroatoms. The summed E-state index contributed by atoms with van der Waals surface area (Å²) in [7, 11) is 0. The van der Waals surface area contributed by atoms with Crippen molar-refractivity contribution < 1.29 is 80.5 Å². The van der Waals surface area contributed by atoms with Crippen molar-refractivity contribution in [3.05, 3.63) is 24.3 Å². The summed E-state index contributed by atoms with van der Waals surface area (Å²) in [5, 5.41) is 17.1. The standard InChI is InChI=1S/C16H13F15O3.C4H5N/c1-6(12(17,18)19)9(32)34-11(15(26,27)28,16(29,30)31)8-4-2-7(3-5-8)10(33,13(20,21)22)14(23,24)25;1-4(2)3-5/h7-8,33H,1-5H2;1H2,2H3. The first-order valence-electron chi connectivity index (χ1n) is 10.1. The third-order valence-electron chi connectivity index (χ3n) is 5.63. The van der Waals surface area contributed by atoms with E-state index in [1.807, 2.05) is 12.6 Å². The summed E-state index contributed by atoms with van der Waals surface area (Å²) in [5.74, 6) is -9.30. The molecule has 0 amide bonds. The Hall–Kier alpha value is -2.65. The van der Waals surface area contributed by atoms with Crippen LogP contribution >= 0.6 is 0 Å². The summed E-state index contributed by atoms with van der Waals surface area (Å²) < 4.78 is 200. The van der Waals surface area contributed by atoms with Crippen LogP contribution in [0.3, 0.4) is 0 Å². The number of allylic oxidation sites excluding steroid dienone is 1. The molecule has 0 spiro atoms. The molecule has 0 saturated heterocycles. The molecule has 0 aromatic carbocycles. The number of ether oxygens (including phenoxy) is 1. The summed E-state index contributed by atoms with van der Waals surface area (Å²) in [6.45, 7) is 6.98. The van der Waals surface area contributed by atoms with Gasteiger partial charge in [0.25, 0.3) is 5.60 Å². The normalized spacial score (nSPS) is 19.8. The molecule has 0 unspecified atom stereocenters. The van der Waals surface area contributed by atoms with Crippen LogP contribution in [0, 0.1) is 23.2 Å². The van der Waals surface area contributed by atoms with Crippen molar-refractivity contribution in [1.29, 1.82) is 5.26 Å². The highest BCUT2D eigenvalue weighted by Crippen LogP contribution is 2.58. The van der Waals surface area contributed by atoms with E-state index in [0.717, 1.165) is 0 Å². The van der Waals surface area contributed by atoms with Gasteiger partial charge in [0, 0.05) is 17.4 Å². The van der Waals surface area contributed by atoms with Gasteiger partial charge in [-0.15, -0.1) is 0 Å². The third-order valence-corrected chi connectivity index (χ3v) is 5.63. The van der Waals surface area contributed by atoms with Gasteiger partial charge in [0.15, 0.2) is 0 Å². The van der Waals surface area contributed by atoms with Crippen molar-refractivity contribution in [3.63, 3.8) is 0 Å². The maximum absolute atomic E-state index is 13.6. The Morgan fingerprint density at radius 2 is 1.05 bits per heavy atom. The maximum Gasteiger partial charge on any atom is 0.437 e. The van der Waals surface area contributed by atoms with Gasteiger partial charge in [-0.2, -0.15) is 71.1 Å². The maximum atomic E-state index is 13.6. The van der Waals surface area contributed by atoms with Crippen molar-refractivity contribution in [2.24, 2.45) is 11.8 Å². The van der Waals surface area contributed by atoms with Crippen LogP contribution in [0.2, 0.25) is 0 Å². The van der Waals surface area contributed by atoms with E-state index in [0.29, 0.717) is 5.57 Å². The predicted octanol–water partition coefficient (Wildman–Crippen LogP) is 7.26. The second-order valence-electron chi connectivity index (χ2n) is 8.30. The molecule has 0 radical (unpaired) electrons. The lowest BCUT2D eigenvalue weighted by Crippen LogP contribution is -2.66. The Morgan fingerprint density at radius 3 is 1.28 bits per heavy atom. The van der Waals surface area contributed by atoms with Crippen molar-refractivity contribution >= 4 is 5.97 Å². The molecule has 1 rings (SSSR count). The average Bonchev–Trinajstić information content (AvgIpc) is 2.72. The number of hydrogen-bond acceptors (Lipinski definition) is 4. The molecule has 1 fully saturated rings. The second kappa shape index (κ2) is 11.5. The van der Waals surface area contributed by atoms with E-state index < -0.39 is 91.1 Å². The van der Waals surface area contributed by atoms with Gasteiger partial charge in [-0.3, -0.25) is 0 Å². The van der Waals surface area contributed by atoms with E-state index in [2.05, 4.69) is 11.3 Å². The quantitative estimate of drug-likeness (QED) is 0.159. The molecule has 0 aromatic rings. The summed E-state index contributed by atoms with van der Waals surface area (Å²) in [6.07, 6.45) is -39.1. The van der Waals surface area contributed by atoms with Gasteiger partial charge in [-0.1, -0.05) is 13.2 Å². The predicted molar refractivity (Wildman–Crippen MR) is 99.1 cm³/mol. The van der Waals surface area contributed by atoms with Crippen molar-refractivity contribution in [2.75, 3.05) is 0 Å². The SMILES string of the molecule is C=C(C(=O)OC(C1CCC(C(O)(C(F)(F)F)C(F)(F)F)CC1)(C(F)(F)F)C(F)(F)F)C(F)(F)F.C=C(C)C#N. The number of nitriles is 1. The smallest absolute Gasteiger partial charge is 0.436 e. The molecule has 0 atom stereocenters. The zero-order chi connectivity index (χ0) is 31.6. The largest absolute Gasteiger partial charge is 0.437 e. The molecule has 226 valence electrons. The molecule has 0 aliphatic heterocycles. The molecule has 0 bridgehead atoms. The highest BCUT2D eigenvalue weighted by Gasteiger charge is 2.79. The fourth-order valence-corrected chi connectivity index (χ4v) is 3.69. The summed E-state index contributed by atoms with van der Waals surface area (Å²) in [4.78, 5) is 11.4. The number of nitrogens with zero attached hydrogens (tertiary/aromatic N) is 1. The van der Waals surface area contributed by atoms with Crippen molar-refractivity contribution in [1.82, 2.24) is 0 Å². The van der Waals surface area contributed by atoms with Gasteiger partial charge < -0.3 is 9.84 Å². The molecule has 1 aliphatic carbocycles. The molecule has 4 nitrogen and oxygen atoms in total. The molecule has 1 aliphatic rings. The first kappa shape index (κ1) is 36.4. The van der Waals surface area contributed by atoms with Crippen molar-refractivity contribution in [2.45, 2.75) is 74.7 Å². The van der Waals surface area contributed by atoms with Crippen LogP contribution in [0.5, 0.6) is 0 Å². The first-order valence-corrected chi connectivity index (χ1v) is 10.1. The highest BCUT2D eigenvalue weighted by atomic mass is 19.4. The number of rotatable bonds is 4. The molecule has 0 heterocycles. The number of halogens is 15. The fourth-order valence-electron chi connectivity index (χ4n) is 3.69. The van der Waals surface area contributed by atoms with E-state index in [1.54, 1.807) is 6.92 Å². The number of aliphatic hydroxyl groups is 1. The minimum absolute atomic E-state index is 0.560. The summed E-state index contributed by atoms with van der Waals surface area (Å²) in [5.41, 5.74) is -13.4. The molecule has 0 aromatic heterocycles. The summed E-state index contributed by atoms with van der Waals surface area (Å²) >= 11 is 0. The van der Waals surface area contributed by atoms with Crippen LogP contribution in [-0.2, 0) is 9.53 Å². The number of hydrogen-bond donors (Lipinski definition) is 1. The lowest BCUT2D eigenvalue weighted by atomic mass is 9.67. The first-order chi connectivity index (χ1) is 17.0. The molecular formula is C20H18F15NO3. The van der Waals surface area contributed by atoms with Crippen LogP contribution in [0.15, 0.2) is 24.3 Å². The minimum atomic E-state index is -6.70. The summed E-state index contributed by atoms with van der Waals surface area (Å²) in [6, 6.07) is 1.83. The Balaban J connectivity index is 0.00000263. The number of carbonyl (C=O) groups excluding carboxylic acids is 1. The third kappa shape index (κ3) is 7.51. The Kier molecular flexibility index (Phi) is 10.7.